The molecule has 1 saturated carbocycles. The number of hydrogen-bond acceptors (Lipinski definition) is 2. The molecule has 1 N–H and O–H groups in total. The van der Waals surface area contributed by atoms with Gasteiger partial charge in [-0.05, 0) is 32.1 Å². The molecule has 1 unspecified atom stereocenters. The number of hydrogen-bond donors (Lipinski definition) is 1. The predicted molar refractivity (Wildman–Crippen MR) is 53.7 cm³/mol. The Morgan fingerprint density at radius 3 is 2.69 bits per heavy atom. The van der Waals surface area contributed by atoms with Crippen LogP contribution in [0.2, 0.25) is 0 Å². The Kier molecular flexibility index (Phi) is 5.40. The predicted octanol–water partition coefficient (Wildman–Crippen LogP) is 2.35. The maximum atomic E-state index is 8.99. The second-order valence-corrected chi connectivity index (χ2v) is 4.19. The van der Waals surface area contributed by atoms with Gasteiger partial charge < -0.3 is 9.84 Å². The van der Waals surface area contributed by atoms with Crippen LogP contribution in [0, 0.1) is 5.92 Å². The van der Waals surface area contributed by atoms with Gasteiger partial charge in [-0.1, -0.05) is 19.3 Å². The van der Waals surface area contributed by atoms with E-state index in [4.69, 9.17) is 9.84 Å². The molecule has 1 atom stereocenters. The zero-order valence-electron chi connectivity index (χ0n) is 8.67. The van der Waals surface area contributed by atoms with Crippen LogP contribution in [0.5, 0.6) is 0 Å². The van der Waals surface area contributed by atoms with Gasteiger partial charge >= 0.3 is 0 Å². The summed E-state index contributed by atoms with van der Waals surface area (Å²) in [6.07, 6.45) is 7.18. The molecule has 0 bridgehead atoms. The van der Waals surface area contributed by atoms with Crippen molar-refractivity contribution in [3.8, 4) is 0 Å². The van der Waals surface area contributed by atoms with Crippen LogP contribution in [0.3, 0.4) is 0 Å². The Morgan fingerprint density at radius 1 is 1.38 bits per heavy atom. The largest absolute Gasteiger partial charge is 0.393 e. The van der Waals surface area contributed by atoms with Crippen LogP contribution in [0.1, 0.15) is 45.4 Å². The zero-order valence-corrected chi connectivity index (χ0v) is 8.67. The fourth-order valence-corrected chi connectivity index (χ4v) is 1.61. The Morgan fingerprint density at radius 2 is 2.15 bits per heavy atom. The minimum Gasteiger partial charge on any atom is -0.393 e. The molecule has 1 aliphatic carbocycles. The van der Waals surface area contributed by atoms with Crippen LogP contribution in [0.15, 0.2) is 0 Å². The van der Waals surface area contributed by atoms with Crippen LogP contribution in [0.4, 0.5) is 0 Å². The summed E-state index contributed by atoms with van der Waals surface area (Å²) in [4.78, 5) is 0. The van der Waals surface area contributed by atoms with Crippen molar-refractivity contribution >= 4 is 0 Å². The van der Waals surface area contributed by atoms with Gasteiger partial charge in [-0.15, -0.1) is 0 Å². The minimum atomic E-state index is -0.171. The molecule has 78 valence electrons. The summed E-state index contributed by atoms with van der Waals surface area (Å²) in [5, 5.41) is 8.99. The average Bonchev–Trinajstić information content (AvgIpc) is 1.99. The van der Waals surface area contributed by atoms with Crippen molar-refractivity contribution in [1.29, 1.82) is 0 Å². The molecule has 0 aromatic heterocycles. The van der Waals surface area contributed by atoms with E-state index < -0.39 is 0 Å². The van der Waals surface area contributed by atoms with Gasteiger partial charge in [-0.2, -0.15) is 0 Å². The topological polar surface area (TPSA) is 29.5 Å². The van der Waals surface area contributed by atoms with Gasteiger partial charge in [-0.25, -0.2) is 0 Å². The quantitative estimate of drug-likeness (QED) is 0.618. The molecule has 2 heteroatoms. The summed E-state index contributed by atoms with van der Waals surface area (Å²) >= 11 is 0. The van der Waals surface area contributed by atoms with Crippen molar-refractivity contribution in [2.75, 3.05) is 13.2 Å². The van der Waals surface area contributed by atoms with E-state index in [2.05, 4.69) is 0 Å². The standard InChI is InChI=1S/C11H22O2/c1-10(12)4-3-8-13-9-7-11-5-2-6-11/h10-12H,2-9H2,1H3. The monoisotopic (exact) mass is 186 g/mol. The van der Waals surface area contributed by atoms with Crippen LogP contribution in [0.25, 0.3) is 0 Å². The normalized spacial score (nSPS) is 19.8. The van der Waals surface area contributed by atoms with E-state index in [1.165, 1.54) is 25.7 Å². The van der Waals surface area contributed by atoms with Crippen molar-refractivity contribution < 1.29 is 9.84 Å². The fourth-order valence-electron chi connectivity index (χ4n) is 1.61. The van der Waals surface area contributed by atoms with Crippen LogP contribution in [-0.4, -0.2) is 24.4 Å². The minimum absolute atomic E-state index is 0.171. The summed E-state index contributed by atoms with van der Waals surface area (Å²) in [5.41, 5.74) is 0. The number of aliphatic hydroxyl groups excluding tert-OH is 1. The number of rotatable bonds is 7. The van der Waals surface area contributed by atoms with Crippen LogP contribution in [-0.2, 0) is 4.74 Å². The third kappa shape index (κ3) is 5.27. The van der Waals surface area contributed by atoms with Crippen molar-refractivity contribution in [2.45, 2.75) is 51.6 Å². The van der Waals surface area contributed by atoms with E-state index in [9.17, 15) is 0 Å². The summed E-state index contributed by atoms with van der Waals surface area (Å²) < 4.78 is 5.48. The molecule has 1 rings (SSSR count). The summed E-state index contributed by atoms with van der Waals surface area (Å²) in [6.45, 7) is 3.57. The lowest BCUT2D eigenvalue weighted by atomic mass is 9.83. The van der Waals surface area contributed by atoms with E-state index in [0.717, 1.165) is 32.0 Å². The summed E-state index contributed by atoms with van der Waals surface area (Å²) in [7, 11) is 0. The lowest BCUT2D eigenvalue weighted by Gasteiger charge is -2.24. The highest BCUT2D eigenvalue weighted by molar-refractivity contribution is 4.68. The number of ether oxygens (including phenoxy) is 1. The highest BCUT2D eigenvalue weighted by Gasteiger charge is 2.16. The van der Waals surface area contributed by atoms with Crippen molar-refractivity contribution in [2.24, 2.45) is 5.92 Å². The van der Waals surface area contributed by atoms with Crippen LogP contribution < -0.4 is 0 Å². The number of aliphatic hydroxyl groups is 1. The van der Waals surface area contributed by atoms with Gasteiger partial charge in [0.25, 0.3) is 0 Å². The third-order valence-corrected chi connectivity index (χ3v) is 2.81. The first-order valence-corrected chi connectivity index (χ1v) is 5.55. The van der Waals surface area contributed by atoms with Gasteiger partial charge in [0.1, 0.15) is 0 Å². The van der Waals surface area contributed by atoms with Crippen LogP contribution >= 0.6 is 0 Å². The second kappa shape index (κ2) is 6.39. The average molecular weight is 186 g/mol. The van der Waals surface area contributed by atoms with Crippen molar-refractivity contribution in [1.82, 2.24) is 0 Å². The fraction of sp³-hybridized carbons (Fsp3) is 1.00. The summed E-state index contributed by atoms with van der Waals surface area (Å²) in [6, 6.07) is 0. The lowest BCUT2D eigenvalue weighted by Crippen LogP contribution is -2.14. The van der Waals surface area contributed by atoms with Gasteiger partial charge in [0.2, 0.25) is 0 Å². The van der Waals surface area contributed by atoms with Gasteiger partial charge in [0, 0.05) is 13.2 Å². The first-order chi connectivity index (χ1) is 6.29. The van der Waals surface area contributed by atoms with Crippen molar-refractivity contribution in [3.05, 3.63) is 0 Å². The molecular formula is C11H22O2. The molecule has 0 aromatic carbocycles. The Labute approximate surface area is 81.3 Å². The first kappa shape index (κ1) is 11.0. The molecule has 0 aliphatic heterocycles. The summed E-state index contributed by atoms with van der Waals surface area (Å²) in [5.74, 6) is 0.955. The smallest absolute Gasteiger partial charge is 0.0513 e. The molecule has 0 amide bonds. The molecule has 2 nitrogen and oxygen atoms in total. The maximum Gasteiger partial charge on any atom is 0.0513 e. The molecule has 13 heavy (non-hydrogen) atoms. The molecule has 0 radical (unpaired) electrons. The second-order valence-electron chi connectivity index (χ2n) is 4.19. The molecular weight excluding hydrogens is 164 g/mol. The molecule has 1 aliphatic rings. The Hall–Kier alpha value is -0.0800. The molecule has 0 heterocycles. The lowest BCUT2D eigenvalue weighted by molar-refractivity contribution is 0.0923. The van der Waals surface area contributed by atoms with E-state index in [-0.39, 0.29) is 6.10 Å². The van der Waals surface area contributed by atoms with E-state index in [1.807, 2.05) is 6.92 Å². The van der Waals surface area contributed by atoms with E-state index in [0.29, 0.717) is 0 Å². The maximum absolute atomic E-state index is 8.99. The highest BCUT2D eigenvalue weighted by Crippen LogP contribution is 2.29. The highest BCUT2D eigenvalue weighted by atomic mass is 16.5. The zero-order chi connectivity index (χ0) is 9.52. The Bertz CT molecular complexity index is 119. The molecule has 1 fully saturated rings. The SMILES string of the molecule is CC(O)CCCOCCC1CCC1. The van der Waals surface area contributed by atoms with E-state index >= 15 is 0 Å². The molecule has 0 saturated heterocycles. The molecule has 0 aromatic rings. The van der Waals surface area contributed by atoms with E-state index in [1.54, 1.807) is 0 Å². The van der Waals surface area contributed by atoms with Gasteiger partial charge in [-0.3, -0.25) is 0 Å². The van der Waals surface area contributed by atoms with Crippen molar-refractivity contribution in [3.63, 3.8) is 0 Å². The Balaban J connectivity index is 1.73. The molecule has 0 spiro atoms. The third-order valence-electron chi connectivity index (χ3n) is 2.81. The first-order valence-electron chi connectivity index (χ1n) is 5.55. The van der Waals surface area contributed by atoms with Gasteiger partial charge in [0.05, 0.1) is 6.10 Å². The van der Waals surface area contributed by atoms with Gasteiger partial charge in [0.15, 0.2) is 0 Å².